The number of benzene rings is 1. The van der Waals surface area contributed by atoms with Crippen molar-refractivity contribution in [1.82, 2.24) is 0 Å². The first kappa shape index (κ1) is 10.5. The van der Waals surface area contributed by atoms with Gasteiger partial charge in [0.15, 0.2) is 11.5 Å². The van der Waals surface area contributed by atoms with E-state index < -0.39 is 4.71 Å². The second kappa shape index (κ2) is 3.24. The minimum absolute atomic E-state index is 0.318. The van der Waals surface area contributed by atoms with Crippen LogP contribution in [0.1, 0.15) is 5.56 Å². The van der Waals surface area contributed by atoms with Gasteiger partial charge in [0.1, 0.15) is 0 Å². The predicted molar refractivity (Wildman–Crippen MR) is 56.9 cm³/mol. The summed E-state index contributed by atoms with van der Waals surface area (Å²) in [5.41, 5.74) is 0.696. The summed E-state index contributed by atoms with van der Waals surface area (Å²) in [6, 6.07) is 1.56. The van der Waals surface area contributed by atoms with E-state index in [1.54, 1.807) is 13.0 Å². The zero-order valence-corrected chi connectivity index (χ0v) is 9.93. The maximum atomic E-state index is 5.96. The summed E-state index contributed by atoms with van der Waals surface area (Å²) in [5, 5.41) is 0.832. The molecule has 0 atom stereocenters. The van der Waals surface area contributed by atoms with E-state index in [2.05, 4.69) is 0 Å². The Morgan fingerprint density at radius 1 is 1.21 bits per heavy atom. The van der Waals surface area contributed by atoms with E-state index in [1.165, 1.54) is 0 Å². The Labute approximate surface area is 101 Å². The highest BCUT2D eigenvalue weighted by atomic mass is 35.5. The van der Waals surface area contributed by atoms with Gasteiger partial charge in [0.2, 0.25) is 0 Å². The molecule has 0 spiro atoms. The average molecular weight is 274 g/mol. The smallest absolute Gasteiger partial charge is 0.419 e. The lowest BCUT2D eigenvalue weighted by Crippen LogP contribution is -2.22. The number of ether oxygens (including phenoxy) is 2. The second-order valence-electron chi connectivity index (χ2n) is 2.79. The molecule has 2 rings (SSSR count). The van der Waals surface area contributed by atoms with Crippen LogP contribution in [0.25, 0.3) is 0 Å². The third kappa shape index (κ3) is 1.61. The molecule has 76 valence electrons. The molecule has 6 heteroatoms. The van der Waals surface area contributed by atoms with Crippen LogP contribution < -0.4 is 9.47 Å². The second-order valence-corrected chi connectivity index (χ2v) is 4.77. The van der Waals surface area contributed by atoms with Crippen molar-refractivity contribution in [1.29, 1.82) is 0 Å². The van der Waals surface area contributed by atoms with Gasteiger partial charge in [-0.15, -0.1) is 0 Å². The van der Waals surface area contributed by atoms with Crippen LogP contribution in [0, 0.1) is 6.92 Å². The fourth-order valence-electron chi connectivity index (χ4n) is 1.11. The Morgan fingerprint density at radius 3 is 2.50 bits per heavy atom. The standard InChI is InChI=1S/C8H4Cl4O2/c1-3-4(9)2-5-7(6(3)10)14-8(11,12)13-5/h2H,1H3. The van der Waals surface area contributed by atoms with Crippen LogP contribution in [0.5, 0.6) is 11.5 Å². The summed E-state index contributed by atoms with van der Waals surface area (Å²) in [6.45, 7) is 1.76. The number of hydrogen-bond donors (Lipinski definition) is 0. The Bertz CT molecular complexity index is 403. The SMILES string of the molecule is Cc1c(Cl)cc2c(c1Cl)OC(Cl)(Cl)O2. The summed E-state index contributed by atoms with van der Waals surface area (Å²) in [7, 11) is 0. The molecule has 1 aromatic carbocycles. The van der Waals surface area contributed by atoms with Gasteiger partial charge in [-0.3, -0.25) is 0 Å². The number of hydrogen-bond acceptors (Lipinski definition) is 2. The highest BCUT2D eigenvalue weighted by molar-refractivity contribution is 6.47. The van der Waals surface area contributed by atoms with Crippen molar-refractivity contribution in [3.8, 4) is 11.5 Å². The van der Waals surface area contributed by atoms with Crippen LogP contribution in [-0.2, 0) is 0 Å². The summed E-state index contributed by atoms with van der Waals surface area (Å²) in [4.78, 5) is 0. The zero-order chi connectivity index (χ0) is 10.5. The monoisotopic (exact) mass is 272 g/mol. The molecule has 0 unspecified atom stereocenters. The van der Waals surface area contributed by atoms with Crippen molar-refractivity contribution in [2.45, 2.75) is 11.6 Å². The molecule has 0 saturated carbocycles. The molecule has 1 aliphatic rings. The first-order chi connectivity index (χ1) is 6.41. The lowest BCUT2D eigenvalue weighted by molar-refractivity contribution is 0.0849. The molecule has 14 heavy (non-hydrogen) atoms. The topological polar surface area (TPSA) is 18.5 Å². The van der Waals surface area contributed by atoms with Crippen LogP contribution in [0.4, 0.5) is 0 Å². The van der Waals surface area contributed by atoms with Crippen LogP contribution >= 0.6 is 46.4 Å². The van der Waals surface area contributed by atoms with Gasteiger partial charge in [-0.1, -0.05) is 23.2 Å². The number of halogens is 4. The quantitative estimate of drug-likeness (QED) is 0.661. The van der Waals surface area contributed by atoms with Crippen molar-refractivity contribution in [2.24, 2.45) is 0 Å². The van der Waals surface area contributed by atoms with Crippen LogP contribution in [0.15, 0.2) is 6.07 Å². The van der Waals surface area contributed by atoms with E-state index in [0.29, 0.717) is 27.1 Å². The van der Waals surface area contributed by atoms with E-state index >= 15 is 0 Å². The van der Waals surface area contributed by atoms with E-state index in [-0.39, 0.29) is 0 Å². The van der Waals surface area contributed by atoms with Crippen molar-refractivity contribution in [3.05, 3.63) is 21.7 Å². The minimum atomic E-state index is -1.72. The van der Waals surface area contributed by atoms with Crippen molar-refractivity contribution in [3.63, 3.8) is 0 Å². The minimum Gasteiger partial charge on any atom is -0.423 e. The van der Waals surface area contributed by atoms with Gasteiger partial charge in [0, 0.05) is 11.1 Å². The molecule has 0 amide bonds. The van der Waals surface area contributed by atoms with Gasteiger partial charge in [-0.2, -0.15) is 0 Å². The summed E-state index contributed by atoms with van der Waals surface area (Å²) >= 11 is 23.1. The van der Waals surface area contributed by atoms with E-state index in [4.69, 9.17) is 55.9 Å². The van der Waals surface area contributed by atoms with Gasteiger partial charge in [-0.25, -0.2) is 0 Å². The molecule has 1 aliphatic heterocycles. The van der Waals surface area contributed by atoms with E-state index in [0.717, 1.165) is 0 Å². The third-order valence-electron chi connectivity index (χ3n) is 1.82. The maximum absolute atomic E-state index is 5.96. The fourth-order valence-corrected chi connectivity index (χ4v) is 1.91. The summed E-state index contributed by atoms with van der Waals surface area (Å²) < 4.78 is 8.41. The largest absolute Gasteiger partial charge is 0.423 e. The highest BCUT2D eigenvalue weighted by Crippen LogP contribution is 2.50. The van der Waals surface area contributed by atoms with Gasteiger partial charge < -0.3 is 9.47 Å². The molecule has 1 aromatic rings. The molecule has 2 nitrogen and oxygen atoms in total. The van der Waals surface area contributed by atoms with Crippen molar-refractivity contribution < 1.29 is 9.47 Å². The lowest BCUT2D eigenvalue weighted by atomic mass is 10.2. The van der Waals surface area contributed by atoms with Crippen LogP contribution in [-0.4, -0.2) is 4.71 Å². The number of rotatable bonds is 0. The predicted octanol–water partition coefficient (Wildman–Crippen LogP) is 4.16. The Kier molecular flexibility index (Phi) is 2.43. The zero-order valence-electron chi connectivity index (χ0n) is 6.91. The van der Waals surface area contributed by atoms with E-state index in [1.807, 2.05) is 0 Å². The average Bonchev–Trinajstić information content (AvgIpc) is 2.37. The van der Waals surface area contributed by atoms with Crippen LogP contribution in [0.2, 0.25) is 10.0 Å². The molecular formula is C8H4Cl4O2. The number of fused-ring (bicyclic) bond motifs is 1. The van der Waals surface area contributed by atoms with Crippen molar-refractivity contribution in [2.75, 3.05) is 0 Å². The molecular weight excluding hydrogens is 270 g/mol. The Morgan fingerprint density at radius 2 is 1.86 bits per heavy atom. The Hall–Kier alpha value is -0.0200. The maximum Gasteiger partial charge on any atom is 0.419 e. The molecule has 0 aromatic heterocycles. The molecule has 0 radical (unpaired) electrons. The number of alkyl halides is 2. The lowest BCUT2D eigenvalue weighted by Gasteiger charge is -2.09. The molecule has 0 N–H and O–H groups in total. The third-order valence-corrected chi connectivity index (χ3v) is 2.97. The van der Waals surface area contributed by atoms with Gasteiger partial charge in [0.05, 0.1) is 5.02 Å². The molecule has 1 heterocycles. The Balaban J connectivity index is 2.59. The molecule has 0 fully saturated rings. The first-order valence-corrected chi connectivity index (χ1v) is 5.16. The summed E-state index contributed by atoms with van der Waals surface area (Å²) in [6.07, 6.45) is 0. The highest BCUT2D eigenvalue weighted by Gasteiger charge is 2.40. The first-order valence-electron chi connectivity index (χ1n) is 3.65. The van der Waals surface area contributed by atoms with Gasteiger partial charge in [-0.05, 0) is 35.7 Å². The normalized spacial score (nSPS) is 17.2. The van der Waals surface area contributed by atoms with Gasteiger partial charge in [0.25, 0.3) is 0 Å². The molecule has 0 aliphatic carbocycles. The van der Waals surface area contributed by atoms with Gasteiger partial charge >= 0.3 is 4.71 Å². The molecule has 0 saturated heterocycles. The fraction of sp³-hybridized carbons (Fsp3) is 0.250. The summed E-state index contributed by atoms with van der Waals surface area (Å²) in [5.74, 6) is 0.661. The van der Waals surface area contributed by atoms with Crippen LogP contribution in [0.3, 0.4) is 0 Å². The van der Waals surface area contributed by atoms with Crippen molar-refractivity contribution >= 4 is 46.4 Å². The molecule has 0 bridgehead atoms. The van der Waals surface area contributed by atoms with E-state index in [9.17, 15) is 0 Å².